The average Bonchev–Trinajstić information content (AvgIpc) is 2.45. The van der Waals surface area contributed by atoms with Gasteiger partial charge in [-0.25, -0.2) is 0 Å². The van der Waals surface area contributed by atoms with Gasteiger partial charge in [0.05, 0.1) is 5.69 Å². The molecule has 2 rings (SSSR count). The average molecular weight is 412 g/mol. The van der Waals surface area contributed by atoms with E-state index in [1.165, 1.54) is 16.8 Å². The standard InChI is InChI=1S/C17H20Br2N2/c1-3-20-11-13-7-8-17(16(19)10-13)21(2)12-14-5-4-6-15(18)9-14/h4-10,20H,3,11-12H2,1-2H3. The summed E-state index contributed by atoms with van der Waals surface area (Å²) >= 11 is 7.21. The maximum Gasteiger partial charge on any atom is 0.0511 e. The zero-order valence-electron chi connectivity index (χ0n) is 12.4. The van der Waals surface area contributed by atoms with E-state index in [4.69, 9.17) is 0 Å². The second-order valence-corrected chi connectivity index (χ2v) is 6.82. The number of benzene rings is 2. The van der Waals surface area contributed by atoms with Crippen LogP contribution in [-0.2, 0) is 13.1 Å². The number of halogens is 2. The van der Waals surface area contributed by atoms with Gasteiger partial charge < -0.3 is 10.2 Å². The van der Waals surface area contributed by atoms with Crippen molar-refractivity contribution in [2.24, 2.45) is 0 Å². The molecule has 0 spiro atoms. The Bertz CT molecular complexity index is 599. The van der Waals surface area contributed by atoms with Crippen molar-refractivity contribution in [1.82, 2.24) is 5.32 Å². The van der Waals surface area contributed by atoms with Crippen LogP contribution in [0.15, 0.2) is 51.4 Å². The maximum atomic E-state index is 3.69. The molecule has 0 bridgehead atoms. The smallest absolute Gasteiger partial charge is 0.0511 e. The Morgan fingerprint density at radius 3 is 2.52 bits per heavy atom. The first kappa shape index (κ1) is 16.5. The summed E-state index contributed by atoms with van der Waals surface area (Å²) in [5.74, 6) is 0. The van der Waals surface area contributed by atoms with Gasteiger partial charge in [-0.1, -0.05) is 41.1 Å². The summed E-state index contributed by atoms with van der Waals surface area (Å²) in [5.41, 5.74) is 3.79. The van der Waals surface area contributed by atoms with E-state index in [1.807, 2.05) is 0 Å². The zero-order chi connectivity index (χ0) is 15.2. The summed E-state index contributed by atoms with van der Waals surface area (Å²) in [6.45, 7) is 4.90. The molecule has 0 aliphatic carbocycles. The maximum absolute atomic E-state index is 3.69. The number of hydrogen-bond acceptors (Lipinski definition) is 2. The van der Waals surface area contributed by atoms with Gasteiger partial charge in [0.25, 0.3) is 0 Å². The number of nitrogens with one attached hydrogen (secondary N) is 1. The molecule has 0 aromatic heterocycles. The first-order chi connectivity index (χ1) is 10.1. The summed E-state index contributed by atoms with van der Waals surface area (Å²) < 4.78 is 2.25. The van der Waals surface area contributed by atoms with Crippen molar-refractivity contribution in [2.75, 3.05) is 18.5 Å². The molecule has 21 heavy (non-hydrogen) atoms. The molecule has 0 atom stereocenters. The van der Waals surface area contributed by atoms with Gasteiger partial charge in [-0.15, -0.1) is 0 Å². The molecule has 0 heterocycles. The van der Waals surface area contributed by atoms with Crippen LogP contribution in [0.25, 0.3) is 0 Å². The first-order valence-electron chi connectivity index (χ1n) is 7.05. The van der Waals surface area contributed by atoms with Crippen molar-refractivity contribution in [3.05, 3.63) is 62.5 Å². The highest BCUT2D eigenvalue weighted by molar-refractivity contribution is 9.10. The molecule has 0 aliphatic rings. The number of rotatable bonds is 6. The summed E-state index contributed by atoms with van der Waals surface area (Å²) in [4.78, 5) is 2.25. The molecule has 0 radical (unpaired) electrons. The van der Waals surface area contributed by atoms with Crippen LogP contribution in [0.2, 0.25) is 0 Å². The highest BCUT2D eigenvalue weighted by atomic mass is 79.9. The number of anilines is 1. The number of nitrogens with zero attached hydrogens (tertiary/aromatic N) is 1. The lowest BCUT2D eigenvalue weighted by Gasteiger charge is -2.21. The van der Waals surface area contributed by atoms with Crippen LogP contribution in [0.3, 0.4) is 0 Å². The lowest BCUT2D eigenvalue weighted by atomic mass is 10.1. The third-order valence-corrected chi connectivity index (χ3v) is 4.44. The Hall–Kier alpha value is -0.840. The van der Waals surface area contributed by atoms with E-state index in [2.05, 4.69) is 98.5 Å². The highest BCUT2D eigenvalue weighted by Gasteiger charge is 2.07. The molecule has 0 unspecified atom stereocenters. The third-order valence-electron chi connectivity index (χ3n) is 3.31. The van der Waals surface area contributed by atoms with Crippen molar-refractivity contribution in [3.63, 3.8) is 0 Å². The van der Waals surface area contributed by atoms with E-state index in [0.717, 1.165) is 28.6 Å². The minimum atomic E-state index is 0.880. The SMILES string of the molecule is CCNCc1ccc(N(C)Cc2cccc(Br)c2)c(Br)c1. The fraction of sp³-hybridized carbons (Fsp3) is 0.294. The summed E-state index contributed by atoms with van der Waals surface area (Å²) in [6, 6.07) is 15.0. The first-order valence-corrected chi connectivity index (χ1v) is 8.63. The van der Waals surface area contributed by atoms with E-state index in [-0.39, 0.29) is 0 Å². The zero-order valence-corrected chi connectivity index (χ0v) is 15.5. The fourth-order valence-electron chi connectivity index (χ4n) is 2.23. The topological polar surface area (TPSA) is 15.3 Å². The van der Waals surface area contributed by atoms with Crippen LogP contribution in [0, 0.1) is 0 Å². The minimum Gasteiger partial charge on any atom is -0.369 e. The highest BCUT2D eigenvalue weighted by Crippen LogP contribution is 2.28. The van der Waals surface area contributed by atoms with E-state index < -0.39 is 0 Å². The van der Waals surface area contributed by atoms with E-state index in [9.17, 15) is 0 Å². The molecule has 2 nitrogen and oxygen atoms in total. The minimum absolute atomic E-state index is 0.880. The van der Waals surface area contributed by atoms with Crippen LogP contribution in [-0.4, -0.2) is 13.6 Å². The fourth-order valence-corrected chi connectivity index (χ4v) is 3.41. The Kier molecular flexibility index (Phi) is 6.27. The third kappa shape index (κ3) is 4.83. The molecule has 0 amide bonds. The molecule has 0 fully saturated rings. The van der Waals surface area contributed by atoms with Gasteiger partial charge in [0, 0.05) is 29.1 Å². The summed E-state index contributed by atoms with van der Waals surface area (Å²) in [7, 11) is 2.12. The van der Waals surface area contributed by atoms with Crippen molar-refractivity contribution >= 4 is 37.5 Å². The van der Waals surface area contributed by atoms with Crippen LogP contribution < -0.4 is 10.2 Å². The molecular formula is C17H20Br2N2. The largest absolute Gasteiger partial charge is 0.369 e. The Balaban J connectivity index is 2.10. The van der Waals surface area contributed by atoms with E-state index in [0.29, 0.717) is 0 Å². The van der Waals surface area contributed by atoms with E-state index in [1.54, 1.807) is 0 Å². The molecule has 2 aromatic carbocycles. The summed E-state index contributed by atoms with van der Waals surface area (Å²) in [6.07, 6.45) is 0. The molecule has 112 valence electrons. The van der Waals surface area contributed by atoms with Crippen LogP contribution >= 0.6 is 31.9 Å². The molecule has 1 N–H and O–H groups in total. The van der Waals surface area contributed by atoms with Crippen LogP contribution in [0.4, 0.5) is 5.69 Å². The second-order valence-electron chi connectivity index (χ2n) is 5.05. The van der Waals surface area contributed by atoms with Crippen LogP contribution in [0.5, 0.6) is 0 Å². The molecule has 2 aromatic rings. The van der Waals surface area contributed by atoms with Gasteiger partial charge in [-0.2, -0.15) is 0 Å². The summed E-state index contributed by atoms with van der Waals surface area (Å²) in [5, 5.41) is 3.35. The normalized spacial score (nSPS) is 10.7. The van der Waals surface area contributed by atoms with Crippen molar-refractivity contribution < 1.29 is 0 Å². The lowest BCUT2D eigenvalue weighted by molar-refractivity contribution is 0.726. The molecular weight excluding hydrogens is 392 g/mol. The van der Waals surface area contributed by atoms with Gasteiger partial charge in [-0.3, -0.25) is 0 Å². The van der Waals surface area contributed by atoms with Crippen LogP contribution in [0.1, 0.15) is 18.1 Å². The van der Waals surface area contributed by atoms with Gasteiger partial charge in [0.1, 0.15) is 0 Å². The van der Waals surface area contributed by atoms with Crippen molar-refractivity contribution in [2.45, 2.75) is 20.0 Å². The molecule has 4 heteroatoms. The van der Waals surface area contributed by atoms with Crippen molar-refractivity contribution in [1.29, 1.82) is 0 Å². The van der Waals surface area contributed by atoms with Crippen molar-refractivity contribution in [3.8, 4) is 0 Å². The predicted molar refractivity (Wildman–Crippen MR) is 97.8 cm³/mol. The van der Waals surface area contributed by atoms with E-state index >= 15 is 0 Å². The Morgan fingerprint density at radius 1 is 1.05 bits per heavy atom. The predicted octanol–water partition coefficient (Wildman–Crippen LogP) is 4.96. The van der Waals surface area contributed by atoms with Gasteiger partial charge in [0.2, 0.25) is 0 Å². The van der Waals surface area contributed by atoms with Gasteiger partial charge in [0.15, 0.2) is 0 Å². The molecule has 0 saturated carbocycles. The Labute approximate surface area is 143 Å². The monoisotopic (exact) mass is 410 g/mol. The number of hydrogen-bond donors (Lipinski definition) is 1. The van der Waals surface area contributed by atoms with Gasteiger partial charge in [-0.05, 0) is 57.9 Å². The lowest BCUT2D eigenvalue weighted by Crippen LogP contribution is -2.17. The Morgan fingerprint density at radius 2 is 1.86 bits per heavy atom. The second kappa shape index (κ2) is 7.97. The van der Waals surface area contributed by atoms with Gasteiger partial charge >= 0.3 is 0 Å². The quantitative estimate of drug-likeness (QED) is 0.722. The molecule has 0 aliphatic heterocycles. The molecule has 0 saturated heterocycles.